The smallest absolute Gasteiger partial charge is 0.0805 e. The summed E-state index contributed by atoms with van der Waals surface area (Å²) < 4.78 is 0. The summed E-state index contributed by atoms with van der Waals surface area (Å²) in [7, 11) is 0. The molecule has 0 unspecified atom stereocenters. The maximum Gasteiger partial charge on any atom is 0.0805 e. The van der Waals surface area contributed by atoms with Gasteiger partial charge in [-0.25, -0.2) is 0 Å². The number of anilines is 2. The van der Waals surface area contributed by atoms with Gasteiger partial charge in [0.15, 0.2) is 0 Å². The number of rotatable bonds is 5. The van der Waals surface area contributed by atoms with Gasteiger partial charge in [0.25, 0.3) is 0 Å². The lowest BCUT2D eigenvalue weighted by molar-refractivity contribution is 1.31. The van der Waals surface area contributed by atoms with Crippen molar-refractivity contribution in [1.82, 2.24) is 0 Å². The molecule has 114 valence electrons. The van der Waals surface area contributed by atoms with Crippen LogP contribution < -0.4 is 10.9 Å². The van der Waals surface area contributed by atoms with Crippen LogP contribution in [0.1, 0.15) is 13.8 Å². The summed E-state index contributed by atoms with van der Waals surface area (Å²) >= 11 is 11.7. The summed E-state index contributed by atoms with van der Waals surface area (Å²) in [6.45, 7) is 3.76. The van der Waals surface area contributed by atoms with Crippen molar-refractivity contribution in [1.29, 1.82) is 0 Å². The van der Waals surface area contributed by atoms with Gasteiger partial charge in [-0.05, 0) is 62.4 Å². The van der Waals surface area contributed by atoms with Crippen LogP contribution in [0.15, 0.2) is 58.7 Å². The molecule has 2 aromatic carbocycles. The Balaban J connectivity index is 1.96. The van der Waals surface area contributed by atoms with E-state index < -0.39 is 0 Å². The summed E-state index contributed by atoms with van der Waals surface area (Å²) in [4.78, 5) is 0. The van der Waals surface area contributed by atoms with Gasteiger partial charge in [-0.1, -0.05) is 23.2 Å². The van der Waals surface area contributed by atoms with Crippen LogP contribution in [-0.2, 0) is 0 Å². The fraction of sp³-hybridized carbons (Fsp3) is 0.125. The Hall–Kier alpha value is -2.04. The highest BCUT2D eigenvalue weighted by Crippen LogP contribution is 2.14. The summed E-state index contributed by atoms with van der Waals surface area (Å²) in [5.74, 6) is 0. The Morgan fingerprint density at radius 3 is 1.32 bits per heavy atom. The fourth-order valence-electron chi connectivity index (χ4n) is 1.51. The molecule has 0 saturated heterocycles. The number of hydrazone groups is 2. The number of nitrogens with zero attached hydrogens (tertiary/aromatic N) is 2. The van der Waals surface area contributed by atoms with Crippen LogP contribution in [0.25, 0.3) is 0 Å². The molecule has 0 amide bonds. The monoisotopic (exact) mass is 334 g/mol. The molecule has 0 saturated carbocycles. The third-order valence-corrected chi connectivity index (χ3v) is 3.42. The summed E-state index contributed by atoms with van der Waals surface area (Å²) in [6.07, 6.45) is 0. The van der Waals surface area contributed by atoms with Gasteiger partial charge in [0, 0.05) is 10.0 Å². The summed E-state index contributed by atoms with van der Waals surface area (Å²) in [5.41, 5.74) is 9.20. The van der Waals surface area contributed by atoms with E-state index in [-0.39, 0.29) is 0 Å². The van der Waals surface area contributed by atoms with Crippen molar-refractivity contribution < 1.29 is 0 Å². The molecule has 0 radical (unpaired) electrons. The molecule has 0 aromatic heterocycles. The van der Waals surface area contributed by atoms with Crippen LogP contribution in [0.4, 0.5) is 11.4 Å². The van der Waals surface area contributed by atoms with E-state index in [0.717, 1.165) is 22.8 Å². The molecule has 2 rings (SSSR count). The maximum atomic E-state index is 5.83. The first-order valence-electron chi connectivity index (χ1n) is 6.67. The molecular weight excluding hydrogens is 319 g/mol. The van der Waals surface area contributed by atoms with Crippen molar-refractivity contribution in [3.8, 4) is 0 Å². The topological polar surface area (TPSA) is 48.8 Å². The highest BCUT2D eigenvalue weighted by atomic mass is 35.5. The zero-order chi connectivity index (χ0) is 15.9. The SMILES string of the molecule is CC(=NNc1ccc(Cl)cc1)C(C)=NNc1ccc(Cl)cc1. The molecular formula is C16H16Cl2N4. The summed E-state index contributed by atoms with van der Waals surface area (Å²) in [6, 6.07) is 14.6. The minimum Gasteiger partial charge on any atom is -0.278 e. The Bertz CT molecular complexity index is 615. The quantitative estimate of drug-likeness (QED) is 0.578. The van der Waals surface area contributed by atoms with Crippen LogP contribution in [0.3, 0.4) is 0 Å². The van der Waals surface area contributed by atoms with E-state index in [2.05, 4.69) is 21.1 Å². The van der Waals surface area contributed by atoms with E-state index in [9.17, 15) is 0 Å². The van der Waals surface area contributed by atoms with Gasteiger partial charge in [0.05, 0.1) is 22.8 Å². The minimum absolute atomic E-state index is 0.691. The van der Waals surface area contributed by atoms with Crippen molar-refractivity contribution in [2.45, 2.75) is 13.8 Å². The lowest BCUT2D eigenvalue weighted by Gasteiger charge is -2.05. The second-order valence-corrected chi connectivity index (χ2v) is 5.50. The standard InChI is InChI=1S/C16H16Cl2N4/c1-11(19-21-15-7-3-13(17)4-8-15)12(2)20-22-16-9-5-14(18)6-10-16/h3-10,21-22H,1-2H3. The molecule has 0 bridgehead atoms. The van der Waals surface area contributed by atoms with E-state index in [1.165, 1.54) is 0 Å². The van der Waals surface area contributed by atoms with Crippen LogP contribution >= 0.6 is 23.2 Å². The molecule has 4 nitrogen and oxygen atoms in total. The molecule has 22 heavy (non-hydrogen) atoms. The number of halogens is 2. The van der Waals surface area contributed by atoms with Crippen LogP contribution in [0.5, 0.6) is 0 Å². The first-order chi connectivity index (χ1) is 10.5. The zero-order valence-corrected chi connectivity index (χ0v) is 13.8. The van der Waals surface area contributed by atoms with Crippen molar-refractivity contribution in [3.05, 3.63) is 58.6 Å². The van der Waals surface area contributed by atoms with Gasteiger partial charge in [0.2, 0.25) is 0 Å². The number of benzene rings is 2. The number of hydrogen-bond donors (Lipinski definition) is 2. The third kappa shape index (κ3) is 5.06. The molecule has 0 aliphatic heterocycles. The van der Waals surface area contributed by atoms with E-state index in [0.29, 0.717) is 10.0 Å². The average molecular weight is 335 g/mol. The minimum atomic E-state index is 0.691. The molecule has 0 aliphatic carbocycles. The van der Waals surface area contributed by atoms with Gasteiger partial charge >= 0.3 is 0 Å². The van der Waals surface area contributed by atoms with Crippen LogP contribution in [0, 0.1) is 0 Å². The average Bonchev–Trinajstić information content (AvgIpc) is 2.53. The van der Waals surface area contributed by atoms with Crippen molar-refractivity contribution >= 4 is 46.0 Å². The predicted octanol–water partition coefficient (Wildman–Crippen LogP) is 5.27. The molecule has 0 aliphatic rings. The van der Waals surface area contributed by atoms with E-state index in [1.54, 1.807) is 24.3 Å². The molecule has 0 spiro atoms. The largest absolute Gasteiger partial charge is 0.278 e. The molecule has 0 heterocycles. The van der Waals surface area contributed by atoms with Crippen molar-refractivity contribution in [2.24, 2.45) is 10.2 Å². The molecule has 0 atom stereocenters. The lowest BCUT2D eigenvalue weighted by Crippen LogP contribution is -2.10. The van der Waals surface area contributed by atoms with Gasteiger partial charge in [0.1, 0.15) is 0 Å². The molecule has 2 aromatic rings. The first kappa shape index (κ1) is 16.3. The highest BCUT2D eigenvalue weighted by molar-refractivity contribution is 6.40. The van der Waals surface area contributed by atoms with Gasteiger partial charge in [-0.3, -0.25) is 10.9 Å². The van der Waals surface area contributed by atoms with Gasteiger partial charge in [-0.2, -0.15) is 10.2 Å². The second-order valence-electron chi connectivity index (χ2n) is 4.63. The Labute approximate surface area is 139 Å². The Morgan fingerprint density at radius 1 is 0.682 bits per heavy atom. The van der Waals surface area contributed by atoms with E-state index in [1.807, 2.05) is 38.1 Å². The molecule has 0 fully saturated rings. The first-order valence-corrected chi connectivity index (χ1v) is 7.42. The molecule has 2 N–H and O–H groups in total. The Morgan fingerprint density at radius 2 is 1.00 bits per heavy atom. The normalized spacial score (nSPS) is 12.2. The Kier molecular flexibility index (Phi) is 5.81. The van der Waals surface area contributed by atoms with Crippen LogP contribution in [0.2, 0.25) is 10.0 Å². The maximum absolute atomic E-state index is 5.83. The van der Waals surface area contributed by atoms with Crippen molar-refractivity contribution in [2.75, 3.05) is 10.9 Å². The van der Waals surface area contributed by atoms with Crippen LogP contribution in [-0.4, -0.2) is 11.4 Å². The number of hydrogen-bond acceptors (Lipinski definition) is 4. The van der Waals surface area contributed by atoms with E-state index >= 15 is 0 Å². The number of nitrogens with one attached hydrogen (secondary N) is 2. The highest BCUT2D eigenvalue weighted by Gasteiger charge is 1.98. The summed E-state index contributed by atoms with van der Waals surface area (Å²) in [5, 5.41) is 9.95. The fourth-order valence-corrected chi connectivity index (χ4v) is 1.76. The molecule has 6 heteroatoms. The van der Waals surface area contributed by atoms with E-state index in [4.69, 9.17) is 23.2 Å². The lowest BCUT2D eigenvalue weighted by atomic mass is 10.3. The van der Waals surface area contributed by atoms with Gasteiger partial charge < -0.3 is 0 Å². The van der Waals surface area contributed by atoms with Crippen molar-refractivity contribution in [3.63, 3.8) is 0 Å². The predicted molar refractivity (Wildman–Crippen MR) is 96.4 cm³/mol. The third-order valence-electron chi connectivity index (χ3n) is 2.92. The zero-order valence-electron chi connectivity index (χ0n) is 12.3. The van der Waals surface area contributed by atoms with Gasteiger partial charge in [-0.15, -0.1) is 0 Å². The second kappa shape index (κ2) is 7.82.